The highest BCUT2D eigenvalue weighted by molar-refractivity contribution is 6.05. The smallest absolute Gasteiger partial charge is 0.319 e. The van der Waals surface area contributed by atoms with Crippen molar-refractivity contribution >= 4 is 11.9 Å². The second-order valence-corrected chi connectivity index (χ2v) is 7.30. The molecule has 1 aromatic carbocycles. The van der Waals surface area contributed by atoms with E-state index in [0.29, 0.717) is 17.4 Å². The molecule has 0 heterocycles. The largest absolute Gasteiger partial charge is 0.351 e. The molecule has 24 heavy (non-hydrogen) atoms. The zero-order valence-electron chi connectivity index (χ0n) is 14.4. The molecule has 0 aromatic heterocycles. The van der Waals surface area contributed by atoms with E-state index in [1.54, 1.807) is 0 Å². The van der Waals surface area contributed by atoms with Gasteiger partial charge in [-0.05, 0) is 54.7 Å². The number of carbonyl (C=O) groups is 2. The van der Waals surface area contributed by atoms with Crippen LogP contribution in [0, 0.1) is 0 Å². The van der Waals surface area contributed by atoms with Gasteiger partial charge in [-0.2, -0.15) is 0 Å². The van der Waals surface area contributed by atoms with Gasteiger partial charge in [-0.3, -0.25) is 10.1 Å². The molecule has 2 saturated carbocycles. The van der Waals surface area contributed by atoms with Crippen LogP contribution < -0.4 is 11.1 Å². The summed E-state index contributed by atoms with van der Waals surface area (Å²) in [5, 5.41) is 2.27. The summed E-state index contributed by atoms with van der Waals surface area (Å²) in [6, 6.07) is 5.25. The normalized spacial score (nSPS) is 19.8. The molecule has 3 amide bonds. The number of carbonyl (C=O) groups excluding carboxylic acids is 2. The number of imide groups is 1. The second kappa shape index (κ2) is 7.82. The summed E-state index contributed by atoms with van der Waals surface area (Å²) in [6.07, 6.45) is 12.3. The van der Waals surface area contributed by atoms with E-state index < -0.39 is 6.03 Å². The molecule has 3 rings (SSSR count). The summed E-state index contributed by atoms with van der Waals surface area (Å²) < 4.78 is 0. The number of nitrogens with two attached hydrogens (primary N) is 1. The number of primary amides is 1. The highest BCUT2D eigenvalue weighted by Crippen LogP contribution is 2.42. The van der Waals surface area contributed by atoms with Crippen molar-refractivity contribution < 1.29 is 9.59 Å². The molecule has 0 aliphatic heterocycles. The van der Waals surface area contributed by atoms with Crippen LogP contribution in [0.4, 0.5) is 4.79 Å². The lowest BCUT2D eigenvalue weighted by atomic mass is 9.74. The highest BCUT2D eigenvalue weighted by Gasteiger charge is 2.28. The first-order valence-corrected chi connectivity index (χ1v) is 9.40. The van der Waals surface area contributed by atoms with Crippen LogP contribution >= 0.6 is 0 Å². The molecular weight excluding hydrogens is 300 g/mol. The maximum atomic E-state index is 12.5. The number of urea groups is 1. The lowest BCUT2D eigenvalue weighted by Gasteiger charge is -2.31. The number of hydrogen-bond acceptors (Lipinski definition) is 2. The van der Waals surface area contributed by atoms with E-state index >= 15 is 0 Å². The van der Waals surface area contributed by atoms with E-state index in [-0.39, 0.29) is 5.91 Å². The van der Waals surface area contributed by atoms with E-state index in [9.17, 15) is 9.59 Å². The van der Waals surface area contributed by atoms with Gasteiger partial charge in [0.25, 0.3) is 5.91 Å². The molecule has 4 nitrogen and oxygen atoms in total. The van der Waals surface area contributed by atoms with Crippen molar-refractivity contribution in [2.24, 2.45) is 5.73 Å². The predicted octanol–water partition coefficient (Wildman–Crippen LogP) is 4.59. The molecular formula is C20H28N2O2. The Morgan fingerprint density at radius 2 is 1.46 bits per heavy atom. The summed E-state index contributed by atoms with van der Waals surface area (Å²) >= 11 is 0. The molecule has 2 aliphatic carbocycles. The first kappa shape index (κ1) is 17.0. The van der Waals surface area contributed by atoms with Gasteiger partial charge >= 0.3 is 6.03 Å². The Morgan fingerprint density at radius 3 is 2.04 bits per heavy atom. The number of rotatable bonds is 3. The van der Waals surface area contributed by atoms with Crippen molar-refractivity contribution in [3.8, 4) is 0 Å². The number of hydrogen-bond donors (Lipinski definition) is 2. The number of benzene rings is 1. The summed E-state index contributed by atoms with van der Waals surface area (Å²) in [5.74, 6) is 0.642. The standard InChI is InChI=1S/C20H28N2O2/c21-20(24)22-19(23)17-13-7-12-16(14-8-3-1-4-9-14)18(17)15-10-5-2-6-11-15/h7,12-15H,1-6,8-11H2,(H3,21,22,23,24). The zero-order valence-corrected chi connectivity index (χ0v) is 14.4. The minimum Gasteiger partial charge on any atom is -0.351 e. The molecule has 0 saturated heterocycles. The average molecular weight is 328 g/mol. The van der Waals surface area contributed by atoms with Crippen molar-refractivity contribution in [2.45, 2.75) is 76.0 Å². The van der Waals surface area contributed by atoms with Gasteiger partial charge in [-0.1, -0.05) is 50.7 Å². The summed E-state index contributed by atoms with van der Waals surface area (Å²) in [7, 11) is 0. The van der Waals surface area contributed by atoms with Crippen LogP contribution in [-0.4, -0.2) is 11.9 Å². The Kier molecular flexibility index (Phi) is 5.54. The van der Waals surface area contributed by atoms with Gasteiger partial charge in [0.2, 0.25) is 0 Å². The van der Waals surface area contributed by atoms with Crippen LogP contribution in [0.2, 0.25) is 0 Å². The van der Waals surface area contributed by atoms with E-state index in [2.05, 4.69) is 11.4 Å². The fourth-order valence-corrected chi connectivity index (χ4v) is 4.58. The van der Waals surface area contributed by atoms with Crippen molar-refractivity contribution in [1.82, 2.24) is 5.32 Å². The predicted molar refractivity (Wildman–Crippen MR) is 95.1 cm³/mol. The van der Waals surface area contributed by atoms with E-state index in [0.717, 1.165) is 12.8 Å². The fraction of sp³-hybridized carbons (Fsp3) is 0.600. The van der Waals surface area contributed by atoms with Crippen LogP contribution in [0.1, 0.15) is 97.5 Å². The molecule has 0 atom stereocenters. The van der Waals surface area contributed by atoms with Crippen molar-refractivity contribution in [2.75, 3.05) is 0 Å². The lowest BCUT2D eigenvalue weighted by Crippen LogP contribution is -2.36. The Bertz CT molecular complexity index is 600. The van der Waals surface area contributed by atoms with Crippen LogP contribution in [-0.2, 0) is 0 Å². The van der Waals surface area contributed by atoms with Crippen LogP contribution in [0.15, 0.2) is 18.2 Å². The Hall–Kier alpha value is -1.84. The maximum Gasteiger partial charge on any atom is 0.319 e. The first-order chi connectivity index (χ1) is 11.7. The Balaban J connectivity index is 2.00. The molecule has 130 valence electrons. The summed E-state index contributed by atoms with van der Waals surface area (Å²) in [6.45, 7) is 0. The van der Waals surface area contributed by atoms with Crippen molar-refractivity contribution in [1.29, 1.82) is 0 Å². The fourth-order valence-electron chi connectivity index (χ4n) is 4.58. The van der Waals surface area contributed by atoms with Crippen molar-refractivity contribution in [3.05, 3.63) is 34.9 Å². The molecule has 2 aliphatic rings. The van der Waals surface area contributed by atoms with Crippen LogP contribution in [0.5, 0.6) is 0 Å². The van der Waals surface area contributed by atoms with Gasteiger partial charge < -0.3 is 5.73 Å². The minimum absolute atomic E-state index is 0.347. The van der Waals surface area contributed by atoms with Gasteiger partial charge in [0.15, 0.2) is 0 Å². The van der Waals surface area contributed by atoms with Gasteiger partial charge in [0.05, 0.1) is 0 Å². The Morgan fingerprint density at radius 1 is 0.875 bits per heavy atom. The molecule has 0 spiro atoms. The monoisotopic (exact) mass is 328 g/mol. The SMILES string of the molecule is NC(=O)NC(=O)c1cccc(C2CCCCC2)c1C1CCCCC1. The maximum absolute atomic E-state index is 12.5. The van der Waals surface area contributed by atoms with Crippen molar-refractivity contribution in [3.63, 3.8) is 0 Å². The molecule has 4 heteroatoms. The third-order valence-corrected chi connectivity index (χ3v) is 5.68. The van der Waals surface area contributed by atoms with Gasteiger partial charge in [-0.15, -0.1) is 0 Å². The molecule has 0 unspecified atom stereocenters. The second-order valence-electron chi connectivity index (χ2n) is 7.30. The third-order valence-electron chi connectivity index (χ3n) is 5.68. The van der Waals surface area contributed by atoms with E-state index in [1.807, 2.05) is 12.1 Å². The molecule has 3 N–H and O–H groups in total. The van der Waals surface area contributed by atoms with Gasteiger partial charge in [0.1, 0.15) is 0 Å². The van der Waals surface area contributed by atoms with Gasteiger partial charge in [-0.25, -0.2) is 4.79 Å². The average Bonchev–Trinajstić information content (AvgIpc) is 2.62. The van der Waals surface area contributed by atoms with Gasteiger partial charge in [0, 0.05) is 5.56 Å². The molecule has 0 bridgehead atoms. The molecule has 0 radical (unpaired) electrons. The highest BCUT2D eigenvalue weighted by atomic mass is 16.2. The number of amides is 3. The molecule has 1 aromatic rings. The van der Waals surface area contributed by atoms with E-state index in [1.165, 1.54) is 62.5 Å². The Labute approximate surface area is 144 Å². The number of nitrogens with one attached hydrogen (secondary N) is 1. The van der Waals surface area contributed by atoms with E-state index in [4.69, 9.17) is 5.73 Å². The topological polar surface area (TPSA) is 72.2 Å². The minimum atomic E-state index is -0.780. The van der Waals surface area contributed by atoms with Crippen LogP contribution in [0.3, 0.4) is 0 Å². The quantitative estimate of drug-likeness (QED) is 0.851. The summed E-state index contributed by atoms with van der Waals surface area (Å²) in [5.41, 5.74) is 8.37. The van der Waals surface area contributed by atoms with Crippen LogP contribution in [0.25, 0.3) is 0 Å². The zero-order chi connectivity index (χ0) is 16.9. The summed E-state index contributed by atoms with van der Waals surface area (Å²) in [4.78, 5) is 23.7. The lowest BCUT2D eigenvalue weighted by molar-refractivity contribution is 0.0964. The third kappa shape index (κ3) is 3.80. The first-order valence-electron chi connectivity index (χ1n) is 9.40. The molecule has 2 fully saturated rings.